The zero-order valence-corrected chi connectivity index (χ0v) is 14.1. The highest BCUT2D eigenvalue weighted by atomic mass is 16.4. The van der Waals surface area contributed by atoms with E-state index in [1.54, 1.807) is 0 Å². The van der Waals surface area contributed by atoms with Crippen molar-refractivity contribution in [3.05, 3.63) is 0 Å². The first-order valence-corrected chi connectivity index (χ1v) is 8.74. The van der Waals surface area contributed by atoms with E-state index in [4.69, 9.17) is 11.5 Å². The quantitative estimate of drug-likeness (QED) is 0.318. The third-order valence-corrected chi connectivity index (χ3v) is 4.16. The van der Waals surface area contributed by atoms with Gasteiger partial charge in [-0.15, -0.1) is 0 Å². The van der Waals surface area contributed by atoms with Crippen LogP contribution in [0.25, 0.3) is 0 Å². The van der Waals surface area contributed by atoms with Crippen molar-refractivity contribution in [2.75, 3.05) is 6.54 Å². The monoisotopic (exact) mass is 314 g/mol. The molecule has 0 bridgehead atoms. The van der Waals surface area contributed by atoms with Gasteiger partial charge in [-0.05, 0) is 25.8 Å². The third-order valence-electron chi connectivity index (χ3n) is 4.16. The number of nitrogens with two attached hydrogens (primary N) is 2. The molecule has 5 N–H and O–H groups in total. The van der Waals surface area contributed by atoms with Gasteiger partial charge in [-0.2, -0.15) is 0 Å². The Balaban J connectivity index is 3.84. The molecule has 0 saturated heterocycles. The smallest absolute Gasteiger partial charge is 0.331 e. The van der Waals surface area contributed by atoms with Crippen molar-refractivity contribution >= 4 is 11.8 Å². The first kappa shape index (κ1) is 21.1. The van der Waals surface area contributed by atoms with Crippen molar-refractivity contribution < 1.29 is 14.7 Å². The number of carbonyl (C=O) groups excluding carboxylic acids is 1. The Morgan fingerprint density at radius 3 is 1.86 bits per heavy atom. The van der Waals surface area contributed by atoms with Crippen molar-refractivity contribution in [3.8, 4) is 0 Å². The van der Waals surface area contributed by atoms with Crippen LogP contribution in [0.1, 0.15) is 84.0 Å². The summed E-state index contributed by atoms with van der Waals surface area (Å²) in [6, 6.07) is 0. The molecule has 0 amide bonds. The van der Waals surface area contributed by atoms with Gasteiger partial charge < -0.3 is 16.6 Å². The Kier molecular flexibility index (Phi) is 12.1. The average molecular weight is 314 g/mol. The second kappa shape index (κ2) is 12.6. The Hall–Kier alpha value is -0.940. The molecule has 0 aliphatic rings. The summed E-state index contributed by atoms with van der Waals surface area (Å²) in [6.45, 7) is 2.55. The van der Waals surface area contributed by atoms with Gasteiger partial charge in [0, 0.05) is 6.42 Å². The highest BCUT2D eigenvalue weighted by Gasteiger charge is 2.40. The van der Waals surface area contributed by atoms with Gasteiger partial charge in [0.1, 0.15) is 0 Å². The lowest BCUT2D eigenvalue weighted by molar-refractivity contribution is -0.148. The van der Waals surface area contributed by atoms with E-state index >= 15 is 0 Å². The molecule has 22 heavy (non-hydrogen) atoms. The zero-order valence-electron chi connectivity index (χ0n) is 14.1. The predicted molar refractivity (Wildman–Crippen MR) is 89.7 cm³/mol. The number of rotatable bonds is 15. The minimum Gasteiger partial charge on any atom is -0.480 e. The fourth-order valence-electron chi connectivity index (χ4n) is 2.57. The molecule has 0 aromatic carbocycles. The summed E-state index contributed by atoms with van der Waals surface area (Å²) >= 11 is 0. The molecule has 0 saturated carbocycles. The number of unbranched alkanes of at least 4 members (excludes halogenated alkanes) is 8. The topological polar surface area (TPSA) is 106 Å². The second-order valence-electron chi connectivity index (χ2n) is 6.17. The van der Waals surface area contributed by atoms with E-state index in [1.165, 1.54) is 38.5 Å². The number of hydrogen-bond donors (Lipinski definition) is 3. The van der Waals surface area contributed by atoms with Crippen LogP contribution in [0.4, 0.5) is 0 Å². The van der Waals surface area contributed by atoms with E-state index in [2.05, 4.69) is 6.92 Å². The molecule has 0 fully saturated rings. The van der Waals surface area contributed by atoms with Crippen LogP contribution >= 0.6 is 0 Å². The van der Waals surface area contributed by atoms with Crippen LogP contribution in [-0.4, -0.2) is 28.9 Å². The number of carboxylic acids is 1. The summed E-state index contributed by atoms with van der Waals surface area (Å²) in [6.07, 6.45) is 11.2. The predicted octanol–water partition coefficient (Wildman–Crippen LogP) is 3.00. The second-order valence-corrected chi connectivity index (χ2v) is 6.17. The Bertz CT molecular complexity index is 321. The number of ketones is 1. The van der Waals surface area contributed by atoms with E-state index in [1.807, 2.05) is 0 Å². The molecule has 0 unspecified atom stereocenters. The van der Waals surface area contributed by atoms with Crippen molar-refractivity contribution in [2.45, 2.75) is 89.5 Å². The van der Waals surface area contributed by atoms with E-state index in [0.717, 1.165) is 19.3 Å². The molecule has 0 aliphatic heterocycles. The van der Waals surface area contributed by atoms with Crippen LogP contribution in [0, 0.1) is 0 Å². The average Bonchev–Trinajstić information content (AvgIpc) is 2.50. The number of Topliss-reactive ketones (excluding diaryl/α,β-unsaturated/α-hetero) is 1. The molecular weight excluding hydrogens is 280 g/mol. The normalized spacial score (nSPS) is 13.8. The largest absolute Gasteiger partial charge is 0.480 e. The standard InChI is InChI=1S/C17H34N2O3/c1-2-3-4-5-6-7-8-9-10-12-15(20)17(19,16(21)22)13-11-14-18/h2-14,18-19H2,1H3,(H,21,22)/t17-/m0/s1. The maximum Gasteiger partial charge on any atom is 0.331 e. The van der Waals surface area contributed by atoms with E-state index in [0.29, 0.717) is 13.0 Å². The van der Waals surface area contributed by atoms with Crippen LogP contribution < -0.4 is 11.5 Å². The summed E-state index contributed by atoms with van der Waals surface area (Å²) in [7, 11) is 0. The summed E-state index contributed by atoms with van der Waals surface area (Å²) in [5, 5.41) is 9.19. The number of carboxylic acid groups (broad SMARTS) is 1. The molecule has 0 aromatic heterocycles. The summed E-state index contributed by atoms with van der Waals surface area (Å²) in [4.78, 5) is 23.3. The molecule has 0 spiro atoms. The fourth-order valence-corrected chi connectivity index (χ4v) is 2.57. The summed E-state index contributed by atoms with van der Waals surface area (Å²) in [5.74, 6) is -1.60. The molecule has 0 aromatic rings. The van der Waals surface area contributed by atoms with Gasteiger partial charge in [0.25, 0.3) is 0 Å². The van der Waals surface area contributed by atoms with Gasteiger partial charge in [-0.25, -0.2) is 4.79 Å². The molecule has 5 nitrogen and oxygen atoms in total. The van der Waals surface area contributed by atoms with Crippen LogP contribution in [0.3, 0.4) is 0 Å². The summed E-state index contributed by atoms with van der Waals surface area (Å²) < 4.78 is 0. The molecule has 0 heterocycles. The molecule has 0 radical (unpaired) electrons. The maximum absolute atomic E-state index is 12.1. The Labute approximate surface area is 134 Å². The van der Waals surface area contributed by atoms with E-state index in [-0.39, 0.29) is 18.6 Å². The van der Waals surface area contributed by atoms with Gasteiger partial charge in [0.2, 0.25) is 0 Å². The SMILES string of the molecule is CCCCCCCCCCCC(=O)[C@@](N)(CCCN)C(=O)O. The van der Waals surface area contributed by atoms with Crippen LogP contribution in [0.5, 0.6) is 0 Å². The van der Waals surface area contributed by atoms with E-state index in [9.17, 15) is 14.7 Å². The molecule has 1 atom stereocenters. The minimum absolute atomic E-state index is 0.120. The highest BCUT2D eigenvalue weighted by molar-refractivity contribution is 6.07. The van der Waals surface area contributed by atoms with Crippen molar-refractivity contribution in [2.24, 2.45) is 11.5 Å². The van der Waals surface area contributed by atoms with Crippen LogP contribution in [0.2, 0.25) is 0 Å². The Morgan fingerprint density at radius 1 is 0.909 bits per heavy atom. The molecule has 0 aliphatic carbocycles. The van der Waals surface area contributed by atoms with Gasteiger partial charge in [-0.1, -0.05) is 58.3 Å². The van der Waals surface area contributed by atoms with Crippen molar-refractivity contribution in [3.63, 3.8) is 0 Å². The van der Waals surface area contributed by atoms with Crippen molar-refractivity contribution in [1.29, 1.82) is 0 Å². The first-order chi connectivity index (χ1) is 10.5. The Morgan fingerprint density at radius 2 is 1.41 bits per heavy atom. The zero-order chi connectivity index (χ0) is 16.8. The van der Waals surface area contributed by atoms with Gasteiger partial charge in [-0.3, -0.25) is 4.79 Å². The van der Waals surface area contributed by atoms with Gasteiger partial charge in [0.15, 0.2) is 11.3 Å². The lowest BCUT2D eigenvalue weighted by Gasteiger charge is -2.22. The fraction of sp³-hybridized carbons (Fsp3) is 0.882. The lowest BCUT2D eigenvalue weighted by atomic mass is 9.87. The molecule has 0 rings (SSSR count). The number of hydrogen-bond acceptors (Lipinski definition) is 4. The summed E-state index contributed by atoms with van der Waals surface area (Å²) in [5.41, 5.74) is 9.40. The number of aliphatic carboxylic acids is 1. The highest BCUT2D eigenvalue weighted by Crippen LogP contribution is 2.17. The molecule has 130 valence electrons. The maximum atomic E-state index is 12.1. The van der Waals surface area contributed by atoms with E-state index < -0.39 is 11.5 Å². The number of carbonyl (C=O) groups is 2. The minimum atomic E-state index is -1.75. The van der Waals surface area contributed by atoms with Crippen LogP contribution in [-0.2, 0) is 9.59 Å². The molecule has 5 heteroatoms. The lowest BCUT2D eigenvalue weighted by Crippen LogP contribution is -2.55. The third kappa shape index (κ3) is 8.49. The molecular formula is C17H34N2O3. The first-order valence-electron chi connectivity index (χ1n) is 8.74. The van der Waals surface area contributed by atoms with Gasteiger partial charge in [0.05, 0.1) is 0 Å². The van der Waals surface area contributed by atoms with Gasteiger partial charge >= 0.3 is 5.97 Å². The van der Waals surface area contributed by atoms with Crippen molar-refractivity contribution in [1.82, 2.24) is 0 Å². The van der Waals surface area contributed by atoms with Crippen LogP contribution in [0.15, 0.2) is 0 Å².